The van der Waals surface area contributed by atoms with Crippen LogP contribution in [0.2, 0.25) is 0 Å². The van der Waals surface area contributed by atoms with E-state index < -0.39 is 0 Å². The summed E-state index contributed by atoms with van der Waals surface area (Å²) in [5.41, 5.74) is 1.33. The molecular formula is C66H106O27. The molecule has 27 heteroatoms. The molecular weight excluding hydrogens is 1220 g/mol. The van der Waals surface area contributed by atoms with Crippen molar-refractivity contribution in [1.82, 2.24) is 0 Å². The summed E-state index contributed by atoms with van der Waals surface area (Å²) in [5, 5.41) is 0. The number of fused-ring (bicyclic) bond motifs is 6. The van der Waals surface area contributed by atoms with Gasteiger partial charge in [-0.1, -0.05) is 25.3 Å². The van der Waals surface area contributed by atoms with E-state index in [-0.39, 0.29) is 97.8 Å². The van der Waals surface area contributed by atoms with Crippen LogP contribution in [0.25, 0.3) is 0 Å². The van der Waals surface area contributed by atoms with Gasteiger partial charge >= 0.3 is 23.9 Å². The highest BCUT2D eigenvalue weighted by atomic mass is 16.7. The molecule has 4 heterocycles. The van der Waals surface area contributed by atoms with Crippen LogP contribution in [0.3, 0.4) is 0 Å². The summed E-state index contributed by atoms with van der Waals surface area (Å²) in [7, 11) is 0. The van der Waals surface area contributed by atoms with Crippen LogP contribution >= 0.6 is 0 Å². The van der Waals surface area contributed by atoms with E-state index in [1.54, 1.807) is 0 Å². The average molecular weight is 1330 g/mol. The van der Waals surface area contributed by atoms with Crippen LogP contribution < -0.4 is 0 Å². The molecule has 0 unspecified atom stereocenters. The Morgan fingerprint density at radius 1 is 0.366 bits per heavy atom. The van der Waals surface area contributed by atoms with Crippen LogP contribution in [-0.2, 0) is 128 Å². The lowest BCUT2D eigenvalue weighted by atomic mass is 9.84. The highest BCUT2D eigenvalue weighted by molar-refractivity contribution is 5.92. The third-order valence-corrected chi connectivity index (χ3v) is 16.1. The highest BCUT2D eigenvalue weighted by Crippen LogP contribution is 2.51. The lowest BCUT2D eigenvalue weighted by molar-refractivity contribution is -0.142. The van der Waals surface area contributed by atoms with Crippen LogP contribution in [-0.4, -0.2) is 297 Å². The molecule has 0 bridgehead atoms. The summed E-state index contributed by atoms with van der Waals surface area (Å²) in [4.78, 5) is 50.1. The van der Waals surface area contributed by atoms with Gasteiger partial charge in [0.15, 0.2) is 0 Å². The van der Waals surface area contributed by atoms with E-state index >= 15 is 0 Å². The molecule has 4 aliphatic heterocycles. The lowest BCUT2D eigenvalue weighted by Crippen LogP contribution is -2.29. The topological polar surface area (TPSA) is 287 Å². The van der Waals surface area contributed by atoms with Crippen molar-refractivity contribution in [1.29, 1.82) is 0 Å². The van der Waals surface area contributed by atoms with Crippen LogP contribution in [0.5, 0.6) is 0 Å². The molecule has 8 atom stereocenters. The third kappa shape index (κ3) is 31.4. The highest BCUT2D eigenvalue weighted by Gasteiger charge is 2.62. The van der Waals surface area contributed by atoms with Gasteiger partial charge in [-0.15, -0.1) is 0 Å². The Balaban J connectivity index is 0.550. The molecule has 0 N–H and O–H groups in total. The molecule has 0 amide bonds. The predicted molar refractivity (Wildman–Crippen MR) is 331 cm³/mol. The molecule has 0 aromatic carbocycles. The van der Waals surface area contributed by atoms with Gasteiger partial charge in [0.1, 0.15) is 37.6 Å². The molecule has 27 nitrogen and oxygen atoms in total. The number of allylic oxidation sites excluding steroid dienone is 2. The molecule has 0 aromatic heterocycles. The predicted octanol–water partition coefficient (Wildman–Crippen LogP) is 3.87. The fourth-order valence-corrected chi connectivity index (χ4v) is 10.7. The van der Waals surface area contributed by atoms with Crippen LogP contribution in [0.15, 0.2) is 47.6 Å². The Hall–Kier alpha value is -3.92. The molecule has 2 aliphatic carbocycles. The fraction of sp³-hybridized carbons (Fsp3) is 0.818. The summed E-state index contributed by atoms with van der Waals surface area (Å²) in [6.45, 7) is 26.9. The molecule has 0 spiro atoms. The second-order valence-electron chi connectivity index (χ2n) is 23.0. The lowest BCUT2D eigenvalue weighted by Gasteiger charge is -2.19. The van der Waals surface area contributed by atoms with Crippen molar-refractivity contribution in [3.63, 3.8) is 0 Å². The van der Waals surface area contributed by atoms with Crippen molar-refractivity contribution in [3.05, 3.63) is 47.6 Å². The zero-order chi connectivity index (χ0) is 65.9. The molecule has 0 saturated carbocycles. The van der Waals surface area contributed by atoms with Gasteiger partial charge in [-0.25, -0.2) is 19.2 Å². The van der Waals surface area contributed by atoms with Gasteiger partial charge < -0.3 is 109 Å². The number of hydrogen-bond donors (Lipinski definition) is 0. The SMILES string of the molecule is C=C1C(=O)O[C@H]2[C@H]1CC/C(C(=O)OCCOCCOCCOCCOCCOCCOCCOCCOCCOCCOCCOCCOCCOCCOCCOCCOCCOCCOC(=O)/C1=C/CC[C@@]3(C)O[C@H]3[C@H]3OC(=O)C(=C)[C@@H]3CC1)=C\CC[C@@]1(C)O[C@@H]21. The maximum atomic E-state index is 12.8. The summed E-state index contributed by atoms with van der Waals surface area (Å²) >= 11 is 0. The summed E-state index contributed by atoms with van der Waals surface area (Å²) in [6, 6.07) is 0. The minimum Gasteiger partial charge on any atom is -0.460 e. The molecule has 4 saturated heterocycles. The minimum absolute atomic E-state index is 0.127. The number of esters is 4. The molecule has 6 aliphatic rings. The van der Waals surface area contributed by atoms with Gasteiger partial charge in [-0.3, -0.25) is 0 Å². The summed E-state index contributed by atoms with van der Waals surface area (Å²) in [5.74, 6) is -1.88. The van der Waals surface area contributed by atoms with Crippen LogP contribution in [0.1, 0.15) is 65.2 Å². The number of epoxide rings is 2. The molecule has 93 heavy (non-hydrogen) atoms. The quantitative estimate of drug-likeness (QED) is 0.0275. The maximum Gasteiger partial charge on any atom is 0.334 e. The minimum atomic E-state index is -0.383. The first kappa shape index (κ1) is 78.1. The Morgan fingerprint density at radius 2 is 0.570 bits per heavy atom. The molecule has 0 aromatic rings. The maximum absolute atomic E-state index is 12.8. The first-order valence-corrected chi connectivity index (χ1v) is 33.2. The number of hydrogen-bond acceptors (Lipinski definition) is 27. The Bertz CT molecular complexity index is 2050. The first-order chi connectivity index (χ1) is 45.5. The number of carbonyl (C=O) groups is 4. The van der Waals surface area contributed by atoms with E-state index in [0.717, 1.165) is 12.8 Å². The van der Waals surface area contributed by atoms with Gasteiger partial charge in [0.25, 0.3) is 0 Å². The standard InChI is InChI=1S/C66H106O27/c1-51-55-11-9-53(7-5-13-65(3)59(92-65)57(55)90-61(51)67)63(69)88-49-47-86-45-43-84-41-39-82-37-35-80-33-31-78-29-27-76-25-23-74-21-19-72-17-15-71-16-18-73-20-22-75-24-26-77-28-30-79-32-34-81-36-38-83-40-42-85-44-46-87-48-50-89-64(70)54-8-6-14-66(4)60(93-66)58-56(12-10-54)52(2)62(68)91-58/h7-8,55-60H,1-2,5-6,9-50H2,3-4H3/b53-7+,54-8+/t55-,56-,57-,58-,59-,60-,65+,66+/m0/s1. The van der Waals surface area contributed by atoms with E-state index in [1.807, 2.05) is 26.0 Å². The van der Waals surface area contributed by atoms with E-state index in [0.29, 0.717) is 272 Å². The number of ether oxygens (including phenoxy) is 23. The monoisotopic (exact) mass is 1330 g/mol. The van der Waals surface area contributed by atoms with Crippen molar-refractivity contribution in [2.45, 2.75) is 101 Å². The van der Waals surface area contributed by atoms with E-state index in [1.165, 1.54) is 0 Å². The van der Waals surface area contributed by atoms with Crippen molar-refractivity contribution >= 4 is 23.9 Å². The molecule has 0 radical (unpaired) electrons. The molecule has 532 valence electrons. The normalized spacial score (nSPS) is 25.4. The summed E-state index contributed by atoms with van der Waals surface area (Å²) < 4.78 is 128. The number of carbonyl (C=O) groups excluding carboxylic acids is 4. The molecule has 6 rings (SSSR count). The van der Waals surface area contributed by atoms with Gasteiger partial charge in [-0.2, -0.15) is 0 Å². The Morgan fingerprint density at radius 3 is 0.785 bits per heavy atom. The summed E-state index contributed by atoms with van der Waals surface area (Å²) in [6.07, 6.45) is 7.75. The van der Waals surface area contributed by atoms with Crippen LogP contribution in [0.4, 0.5) is 0 Å². The third-order valence-electron chi connectivity index (χ3n) is 16.1. The van der Waals surface area contributed by atoms with Crippen LogP contribution in [0, 0.1) is 11.8 Å². The Kier molecular flexibility index (Phi) is 39.5. The van der Waals surface area contributed by atoms with Crippen molar-refractivity contribution in [2.24, 2.45) is 11.8 Å². The van der Waals surface area contributed by atoms with Crippen molar-refractivity contribution in [2.75, 3.05) is 238 Å². The zero-order valence-electron chi connectivity index (χ0n) is 55.2. The van der Waals surface area contributed by atoms with Gasteiger partial charge in [-0.05, 0) is 65.2 Å². The zero-order valence-corrected chi connectivity index (χ0v) is 55.2. The van der Waals surface area contributed by atoms with E-state index in [4.69, 9.17) is 109 Å². The van der Waals surface area contributed by atoms with E-state index in [9.17, 15) is 19.2 Å². The number of rotatable bonds is 56. The second kappa shape index (κ2) is 47.1. The van der Waals surface area contributed by atoms with Gasteiger partial charge in [0, 0.05) is 34.1 Å². The van der Waals surface area contributed by atoms with E-state index in [2.05, 4.69) is 13.2 Å². The van der Waals surface area contributed by atoms with Gasteiger partial charge in [0.2, 0.25) is 0 Å². The fourth-order valence-electron chi connectivity index (χ4n) is 10.7. The second-order valence-corrected chi connectivity index (χ2v) is 23.0. The van der Waals surface area contributed by atoms with Crippen molar-refractivity contribution in [3.8, 4) is 0 Å². The molecule has 4 fully saturated rings. The Labute approximate surface area is 548 Å². The van der Waals surface area contributed by atoms with Gasteiger partial charge in [0.05, 0.1) is 236 Å². The van der Waals surface area contributed by atoms with Crippen molar-refractivity contribution < 1.29 is 128 Å². The average Bonchev–Trinajstić information content (AvgIpc) is 1.59. The first-order valence-electron chi connectivity index (χ1n) is 33.2. The smallest absolute Gasteiger partial charge is 0.334 e. The largest absolute Gasteiger partial charge is 0.460 e.